The molecule has 4 rings (SSSR count). The number of amides is 1. The molecule has 0 radical (unpaired) electrons. The van der Waals surface area contributed by atoms with Crippen molar-refractivity contribution in [3.63, 3.8) is 0 Å². The third kappa shape index (κ3) is 4.87. The number of hydrogen-bond donors (Lipinski definition) is 1. The van der Waals surface area contributed by atoms with Gasteiger partial charge in [-0.25, -0.2) is 14.4 Å². The quantitative estimate of drug-likeness (QED) is 0.559. The van der Waals surface area contributed by atoms with Crippen LogP contribution in [0.15, 0.2) is 41.1 Å². The molecule has 1 saturated carbocycles. The van der Waals surface area contributed by atoms with Crippen LogP contribution in [0.1, 0.15) is 78.9 Å². The molecule has 1 aliphatic rings. The van der Waals surface area contributed by atoms with Gasteiger partial charge in [-0.05, 0) is 50.7 Å². The highest BCUT2D eigenvalue weighted by Crippen LogP contribution is 2.39. The van der Waals surface area contributed by atoms with E-state index >= 15 is 0 Å². The molecule has 1 N–H and O–H groups in total. The van der Waals surface area contributed by atoms with Crippen molar-refractivity contribution in [1.82, 2.24) is 20.4 Å². The number of halogens is 1. The minimum Gasteiger partial charge on any atom is -0.356 e. The first-order chi connectivity index (χ1) is 15.4. The Balaban J connectivity index is 1.43. The number of nitrogens with one attached hydrogen (secondary N) is 1. The van der Waals surface area contributed by atoms with Gasteiger partial charge in [0.05, 0.1) is 22.5 Å². The van der Waals surface area contributed by atoms with Gasteiger partial charge in [0.25, 0.3) is 5.91 Å². The van der Waals surface area contributed by atoms with Crippen LogP contribution in [0.3, 0.4) is 0 Å². The van der Waals surface area contributed by atoms with Crippen LogP contribution >= 0.6 is 0 Å². The fourth-order valence-electron chi connectivity index (χ4n) is 4.30. The first kappa shape index (κ1) is 22.1. The van der Waals surface area contributed by atoms with Crippen molar-refractivity contribution >= 4 is 5.91 Å². The van der Waals surface area contributed by atoms with E-state index in [1.54, 1.807) is 12.1 Å². The Kier molecular flexibility index (Phi) is 6.63. The van der Waals surface area contributed by atoms with Crippen LogP contribution in [-0.2, 0) is 0 Å². The van der Waals surface area contributed by atoms with Gasteiger partial charge < -0.3 is 9.84 Å². The van der Waals surface area contributed by atoms with Crippen LogP contribution in [0.5, 0.6) is 0 Å². The first-order valence-corrected chi connectivity index (χ1v) is 11.3. The largest absolute Gasteiger partial charge is 0.356 e. The van der Waals surface area contributed by atoms with Crippen LogP contribution in [0.4, 0.5) is 4.39 Å². The summed E-state index contributed by atoms with van der Waals surface area (Å²) in [5.41, 5.74) is 2.85. The van der Waals surface area contributed by atoms with E-state index in [9.17, 15) is 9.18 Å². The Hall–Kier alpha value is -3.09. The van der Waals surface area contributed by atoms with E-state index in [0.717, 1.165) is 48.5 Å². The molecule has 0 saturated heterocycles. The minimum absolute atomic E-state index is 0.0929. The highest BCUT2D eigenvalue weighted by Gasteiger charge is 2.28. The Morgan fingerprint density at radius 1 is 1.22 bits per heavy atom. The van der Waals surface area contributed by atoms with Crippen molar-refractivity contribution in [3.05, 3.63) is 65.1 Å². The van der Waals surface area contributed by atoms with Gasteiger partial charge in [0.1, 0.15) is 11.6 Å². The van der Waals surface area contributed by atoms with Gasteiger partial charge in [-0.3, -0.25) is 4.79 Å². The van der Waals surface area contributed by atoms with Gasteiger partial charge in [-0.2, -0.15) is 0 Å². The number of aromatic nitrogens is 3. The molecule has 6 nitrogen and oxygen atoms in total. The molecule has 0 aliphatic heterocycles. The van der Waals surface area contributed by atoms with Crippen molar-refractivity contribution in [2.75, 3.05) is 6.54 Å². The lowest BCUT2D eigenvalue weighted by molar-refractivity contribution is 0.0938. The number of benzene rings is 1. The maximum Gasteiger partial charge on any atom is 0.254 e. The number of rotatable bonds is 6. The minimum atomic E-state index is -0.492. The molecule has 1 aliphatic carbocycles. The lowest BCUT2D eigenvalue weighted by Crippen LogP contribution is -2.31. The monoisotopic (exact) mass is 436 g/mol. The number of aryl methyl sites for hydroxylation is 1. The average Bonchev–Trinajstić information content (AvgIpc) is 3.23. The van der Waals surface area contributed by atoms with E-state index in [1.807, 2.05) is 19.2 Å². The molecule has 2 heterocycles. The summed E-state index contributed by atoms with van der Waals surface area (Å²) in [7, 11) is 0. The fourth-order valence-corrected chi connectivity index (χ4v) is 4.30. The van der Waals surface area contributed by atoms with Gasteiger partial charge in [0.15, 0.2) is 5.76 Å². The van der Waals surface area contributed by atoms with Gasteiger partial charge >= 0.3 is 0 Å². The molecule has 0 bridgehead atoms. The van der Waals surface area contributed by atoms with Crippen molar-refractivity contribution in [2.45, 2.75) is 58.3 Å². The summed E-state index contributed by atoms with van der Waals surface area (Å²) < 4.78 is 19.3. The second kappa shape index (κ2) is 9.59. The smallest absolute Gasteiger partial charge is 0.254 e. The molecule has 7 heteroatoms. The van der Waals surface area contributed by atoms with Crippen molar-refractivity contribution < 1.29 is 13.7 Å². The normalized spacial score (nSPS) is 18.7. The Morgan fingerprint density at radius 3 is 2.62 bits per heavy atom. The van der Waals surface area contributed by atoms with Crippen LogP contribution < -0.4 is 5.32 Å². The lowest BCUT2D eigenvalue weighted by Gasteiger charge is -2.29. The number of carbonyl (C=O) groups excluding carboxylic acids is 1. The summed E-state index contributed by atoms with van der Waals surface area (Å²) in [4.78, 5) is 21.8. The maximum atomic E-state index is 13.8. The molecule has 1 fully saturated rings. The number of hydrogen-bond acceptors (Lipinski definition) is 5. The summed E-state index contributed by atoms with van der Waals surface area (Å²) in [6, 6.07) is 7.99. The molecule has 1 amide bonds. The Bertz CT molecular complexity index is 1090. The van der Waals surface area contributed by atoms with E-state index in [4.69, 9.17) is 9.51 Å². The zero-order valence-corrected chi connectivity index (χ0v) is 18.8. The van der Waals surface area contributed by atoms with Crippen molar-refractivity contribution in [2.24, 2.45) is 5.92 Å². The molecular weight excluding hydrogens is 407 g/mol. The standard InChI is InChI=1S/C25H29FN4O2/c1-15(2)24-27-14-20(22-12-16(3)30-32-22)23(29-24)18-10-8-17(9-11-18)13-28-25(31)19-6-4-5-7-21(19)26/h4-7,12,14-15,17-18H,8-11,13H2,1-3H3,(H,28,31). The van der Waals surface area contributed by atoms with E-state index in [-0.39, 0.29) is 17.4 Å². The summed E-state index contributed by atoms with van der Waals surface area (Å²) >= 11 is 0. The van der Waals surface area contributed by atoms with Gasteiger partial charge in [0.2, 0.25) is 0 Å². The van der Waals surface area contributed by atoms with E-state index < -0.39 is 5.82 Å². The Labute approximate surface area is 187 Å². The van der Waals surface area contributed by atoms with E-state index in [2.05, 4.69) is 29.3 Å². The Morgan fingerprint density at radius 2 is 1.97 bits per heavy atom. The van der Waals surface area contributed by atoms with Gasteiger partial charge in [0, 0.05) is 30.6 Å². The molecule has 3 aromatic rings. The van der Waals surface area contributed by atoms with Crippen molar-refractivity contribution in [1.29, 1.82) is 0 Å². The highest BCUT2D eigenvalue weighted by atomic mass is 19.1. The molecule has 168 valence electrons. The fraction of sp³-hybridized carbons (Fsp3) is 0.440. The molecule has 2 aromatic heterocycles. The molecular formula is C25H29FN4O2. The SMILES string of the molecule is Cc1cc(-c2cnc(C(C)C)nc2C2CCC(CNC(=O)c3ccccc3F)CC2)on1. The van der Waals surface area contributed by atoms with E-state index in [1.165, 1.54) is 12.1 Å². The second-order valence-corrected chi connectivity index (χ2v) is 8.92. The summed E-state index contributed by atoms with van der Waals surface area (Å²) in [6.07, 6.45) is 5.73. The van der Waals surface area contributed by atoms with Crippen LogP contribution in [0.2, 0.25) is 0 Å². The molecule has 0 atom stereocenters. The average molecular weight is 437 g/mol. The van der Waals surface area contributed by atoms with Gasteiger partial charge in [-0.1, -0.05) is 31.1 Å². The zero-order valence-electron chi connectivity index (χ0n) is 18.8. The predicted molar refractivity (Wildman–Crippen MR) is 120 cm³/mol. The molecule has 32 heavy (non-hydrogen) atoms. The summed E-state index contributed by atoms with van der Waals surface area (Å²) in [5, 5.41) is 6.92. The van der Waals surface area contributed by atoms with E-state index in [0.29, 0.717) is 24.1 Å². The predicted octanol–water partition coefficient (Wildman–Crippen LogP) is 5.41. The highest BCUT2D eigenvalue weighted by molar-refractivity contribution is 5.94. The number of nitrogens with zero attached hydrogens (tertiary/aromatic N) is 3. The van der Waals surface area contributed by atoms with Crippen LogP contribution in [0.25, 0.3) is 11.3 Å². The van der Waals surface area contributed by atoms with Crippen LogP contribution in [-0.4, -0.2) is 27.6 Å². The van der Waals surface area contributed by atoms with Crippen molar-refractivity contribution in [3.8, 4) is 11.3 Å². The first-order valence-electron chi connectivity index (χ1n) is 11.3. The van der Waals surface area contributed by atoms with Gasteiger partial charge in [-0.15, -0.1) is 0 Å². The van der Waals surface area contributed by atoms with Crippen LogP contribution in [0, 0.1) is 18.7 Å². The summed E-state index contributed by atoms with van der Waals surface area (Å²) in [6.45, 7) is 6.63. The molecule has 0 spiro atoms. The molecule has 1 aromatic carbocycles. The third-order valence-corrected chi connectivity index (χ3v) is 6.15. The number of carbonyl (C=O) groups is 1. The zero-order chi connectivity index (χ0) is 22.7. The topological polar surface area (TPSA) is 80.9 Å². The third-order valence-electron chi connectivity index (χ3n) is 6.15. The maximum absolute atomic E-state index is 13.8. The summed E-state index contributed by atoms with van der Waals surface area (Å²) in [5.74, 6) is 1.59. The second-order valence-electron chi connectivity index (χ2n) is 8.92. The lowest BCUT2D eigenvalue weighted by atomic mass is 9.79. The molecule has 0 unspecified atom stereocenters.